The number of carbonyl (C=O) groups excluding carboxylic acids is 1. The molecular weight excluding hydrogens is 587 g/mol. The van der Waals surface area contributed by atoms with Crippen LogP contribution in [0, 0.1) is 0 Å². The molecule has 34 heavy (non-hydrogen) atoms. The van der Waals surface area contributed by atoms with E-state index in [4.69, 9.17) is 9.84 Å². The van der Waals surface area contributed by atoms with Crippen molar-refractivity contribution in [2.45, 2.75) is 19.3 Å². The SMILES string of the molecule is O=C(O)Cc1cc(Br)c(Oc2ccc(O)c(C(=O)N(Cc3ccccc3)C(F)(F)F)c2)c(Br)c1. The molecule has 6 nitrogen and oxygen atoms in total. The van der Waals surface area contributed by atoms with Gasteiger partial charge in [-0.25, -0.2) is 4.90 Å². The van der Waals surface area contributed by atoms with Gasteiger partial charge in [-0.3, -0.25) is 9.59 Å². The molecule has 0 radical (unpaired) electrons. The number of halogens is 5. The molecule has 0 aliphatic rings. The zero-order valence-electron chi connectivity index (χ0n) is 17.1. The molecule has 0 aromatic heterocycles. The third kappa shape index (κ3) is 6.29. The van der Waals surface area contributed by atoms with Gasteiger partial charge in [-0.15, -0.1) is 13.2 Å². The van der Waals surface area contributed by atoms with E-state index in [0.29, 0.717) is 14.5 Å². The summed E-state index contributed by atoms with van der Waals surface area (Å²) in [5.74, 6) is -2.94. The highest BCUT2D eigenvalue weighted by atomic mass is 79.9. The number of carboxylic acid groups (broad SMARTS) is 1. The standard InChI is InChI=1S/C23H16Br2F3NO5/c24-17-8-14(10-20(31)32)9-18(25)21(17)34-15-6-7-19(30)16(11-15)22(33)29(23(26,27)28)12-13-4-2-1-3-5-13/h1-9,11,30H,10,12H2,(H,31,32). The summed E-state index contributed by atoms with van der Waals surface area (Å²) in [5.41, 5.74) is 0.136. The molecule has 2 N–H and O–H groups in total. The fourth-order valence-electron chi connectivity index (χ4n) is 3.04. The molecule has 0 bridgehead atoms. The van der Waals surface area contributed by atoms with E-state index in [-0.39, 0.29) is 28.4 Å². The van der Waals surface area contributed by atoms with Gasteiger partial charge in [-0.05, 0) is 73.3 Å². The second-order valence-corrected chi connectivity index (χ2v) is 8.79. The first-order chi connectivity index (χ1) is 16.0. The zero-order valence-corrected chi connectivity index (χ0v) is 20.3. The van der Waals surface area contributed by atoms with Crippen LogP contribution in [0.25, 0.3) is 0 Å². The van der Waals surface area contributed by atoms with Crippen LogP contribution in [0.3, 0.4) is 0 Å². The number of carboxylic acids is 1. The lowest BCUT2D eigenvalue weighted by Crippen LogP contribution is -2.42. The van der Waals surface area contributed by atoms with E-state index in [1.54, 1.807) is 18.2 Å². The third-order valence-corrected chi connectivity index (χ3v) is 5.74. The summed E-state index contributed by atoms with van der Waals surface area (Å²) in [6, 6.07) is 14.0. The molecule has 0 aliphatic heterocycles. The molecule has 0 atom stereocenters. The third-order valence-electron chi connectivity index (χ3n) is 4.57. The molecule has 0 fully saturated rings. The van der Waals surface area contributed by atoms with Gasteiger partial charge in [-0.1, -0.05) is 30.3 Å². The molecule has 1 amide bonds. The van der Waals surface area contributed by atoms with Crippen molar-refractivity contribution >= 4 is 43.7 Å². The molecule has 0 aliphatic carbocycles. The smallest absolute Gasteiger partial charge is 0.487 e. The molecule has 0 spiro atoms. The lowest BCUT2D eigenvalue weighted by Gasteiger charge is -2.25. The highest BCUT2D eigenvalue weighted by Gasteiger charge is 2.42. The monoisotopic (exact) mass is 601 g/mol. The second-order valence-electron chi connectivity index (χ2n) is 7.08. The van der Waals surface area contributed by atoms with Gasteiger partial charge < -0.3 is 14.9 Å². The van der Waals surface area contributed by atoms with Gasteiger partial charge in [0, 0.05) is 0 Å². The minimum Gasteiger partial charge on any atom is -0.507 e. The van der Waals surface area contributed by atoms with E-state index in [9.17, 15) is 27.9 Å². The number of phenols is 1. The van der Waals surface area contributed by atoms with Gasteiger partial charge in [0.1, 0.15) is 11.5 Å². The van der Waals surface area contributed by atoms with Crippen LogP contribution in [-0.2, 0) is 17.8 Å². The van der Waals surface area contributed by atoms with E-state index in [2.05, 4.69) is 31.9 Å². The van der Waals surface area contributed by atoms with Crippen molar-refractivity contribution in [1.82, 2.24) is 4.90 Å². The van der Waals surface area contributed by atoms with Crippen LogP contribution in [0.1, 0.15) is 21.5 Å². The van der Waals surface area contributed by atoms with Crippen LogP contribution >= 0.6 is 31.9 Å². The van der Waals surface area contributed by atoms with Gasteiger partial charge in [0.25, 0.3) is 5.91 Å². The first kappa shape index (κ1) is 25.6. The molecule has 0 unspecified atom stereocenters. The van der Waals surface area contributed by atoms with E-state index >= 15 is 0 Å². The van der Waals surface area contributed by atoms with Gasteiger partial charge >= 0.3 is 12.3 Å². The van der Waals surface area contributed by atoms with Crippen molar-refractivity contribution in [3.8, 4) is 17.2 Å². The van der Waals surface area contributed by atoms with Crippen LogP contribution in [0.2, 0.25) is 0 Å². The average molecular weight is 603 g/mol. The molecule has 0 heterocycles. The van der Waals surface area contributed by atoms with Crippen molar-refractivity contribution in [2.75, 3.05) is 0 Å². The summed E-state index contributed by atoms with van der Waals surface area (Å²) in [7, 11) is 0. The van der Waals surface area contributed by atoms with Gasteiger partial charge in [0.05, 0.1) is 27.5 Å². The first-order valence-corrected chi connectivity index (χ1v) is 11.2. The van der Waals surface area contributed by atoms with Crippen LogP contribution in [0.5, 0.6) is 17.2 Å². The maximum Gasteiger partial charge on any atom is 0.487 e. The lowest BCUT2D eigenvalue weighted by molar-refractivity contribution is -0.228. The summed E-state index contributed by atoms with van der Waals surface area (Å²) in [5, 5.41) is 19.1. The van der Waals surface area contributed by atoms with Crippen LogP contribution in [0.15, 0.2) is 69.6 Å². The van der Waals surface area contributed by atoms with E-state index in [0.717, 1.165) is 12.1 Å². The Labute approximate surface area is 208 Å². The maximum atomic E-state index is 13.7. The number of carbonyl (C=O) groups is 2. The number of hydrogen-bond acceptors (Lipinski definition) is 4. The van der Waals surface area contributed by atoms with Crippen molar-refractivity contribution in [3.63, 3.8) is 0 Å². The second kappa shape index (κ2) is 10.5. The van der Waals surface area contributed by atoms with Crippen LogP contribution in [0.4, 0.5) is 13.2 Å². The van der Waals surface area contributed by atoms with Gasteiger partial charge in [-0.2, -0.15) is 0 Å². The van der Waals surface area contributed by atoms with Crippen molar-refractivity contribution in [3.05, 3.63) is 86.3 Å². The first-order valence-electron chi connectivity index (χ1n) is 9.59. The molecule has 0 saturated heterocycles. The zero-order chi connectivity index (χ0) is 25.0. The molecule has 11 heteroatoms. The number of phenolic OH excluding ortho intramolecular Hbond substituents is 1. The lowest BCUT2D eigenvalue weighted by atomic mass is 10.1. The summed E-state index contributed by atoms with van der Waals surface area (Å²) >= 11 is 6.54. The number of nitrogens with zero attached hydrogens (tertiary/aromatic N) is 1. The van der Waals surface area contributed by atoms with Gasteiger partial charge in [0.2, 0.25) is 0 Å². The van der Waals surface area contributed by atoms with E-state index in [1.807, 2.05) is 0 Å². The molecule has 3 aromatic carbocycles. The number of benzene rings is 3. The quantitative estimate of drug-likeness (QED) is 0.302. The summed E-state index contributed by atoms with van der Waals surface area (Å²) in [4.78, 5) is 23.5. The van der Waals surface area contributed by atoms with Crippen LogP contribution < -0.4 is 4.74 Å². The number of ether oxygens (including phenoxy) is 1. The summed E-state index contributed by atoms with van der Waals surface area (Å²) < 4.78 is 47.6. The highest BCUT2D eigenvalue weighted by molar-refractivity contribution is 9.11. The topological polar surface area (TPSA) is 87.1 Å². The maximum absolute atomic E-state index is 13.7. The number of alkyl halides is 3. The van der Waals surface area contributed by atoms with Crippen molar-refractivity contribution in [1.29, 1.82) is 0 Å². The predicted octanol–water partition coefficient (Wildman–Crippen LogP) is 6.50. The molecule has 3 aromatic rings. The van der Waals surface area contributed by atoms with Gasteiger partial charge in [0.15, 0.2) is 5.75 Å². The minimum atomic E-state index is -5.00. The molecule has 178 valence electrons. The Kier molecular flexibility index (Phi) is 7.88. The Morgan fingerprint density at radius 1 is 0.941 bits per heavy atom. The fourth-order valence-corrected chi connectivity index (χ4v) is 4.49. The number of aromatic hydroxyl groups is 1. The minimum absolute atomic E-state index is 0.0182. The Balaban J connectivity index is 1.92. The number of rotatable bonds is 7. The summed E-state index contributed by atoms with van der Waals surface area (Å²) in [6.45, 7) is -0.740. The number of amides is 1. The predicted molar refractivity (Wildman–Crippen MR) is 124 cm³/mol. The van der Waals surface area contributed by atoms with E-state index < -0.39 is 36.0 Å². The fraction of sp³-hybridized carbons (Fsp3) is 0.130. The molecular formula is C23H16Br2F3NO5. The Hall–Kier alpha value is -3.05. The van der Waals surface area contributed by atoms with Crippen LogP contribution in [-0.4, -0.2) is 33.3 Å². The number of aliphatic carboxylic acids is 1. The van der Waals surface area contributed by atoms with Crippen molar-refractivity contribution < 1.29 is 37.7 Å². The normalized spacial score (nSPS) is 11.2. The largest absolute Gasteiger partial charge is 0.507 e. The van der Waals surface area contributed by atoms with Crippen molar-refractivity contribution in [2.24, 2.45) is 0 Å². The number of hydrogen-bond donors (Lipinski definition) is 2. The average Bonchev–Trinajstić information content (AvgIpc) is 2.75. The Bertz CT molecular complexity index is 1200. The van der Waals surface area contributed by atoms with E-state index in [1.165, 1.54) is 30.3 Å². The Morgan fingerprint density at radius 2 is 1.56 bits per heavy atom. The molecule has 3 rings (SSSR count). The Morgan fingerprint density at radius 3 is 2.12 bits per heavy atom. The molecule has 0 saturated carbocycles. The summed E-state index contributed by atoms with van der Waals surface area (Å²) in [6.07, 6.45) is -5.23. The highest BCUT2D eigenvalue weighted by Crippen LogP contribution is 2.39.